The molecule has 6 nitrogen and oxygen atoms in total. The maximum atomic E-state index is 12.6. The summed E-state index contributed by atoms with van der Waals surface area (Å²) in [5.41, 5.74) is 0. The molecule has 7 heteroatoms. The second-order valence-corrected chi connectivity index (χ2v) is 7.41. The molecule has 0 aromatic carbocycles. The van der Waals surface area contributed by atoms with Crippen molar-refractivity contribution in [1.29, 1.82) is 0 Å². The van der Waals surface area contributed by atoms with E-state index in [1.807, 2.05) is 0 Å². The van der Waals surface area contributed by atoms with Gasteiger partial charge in [-0.15, -0.1) is 0 Å². The quantitative estimate of drug-likeness (QED) is 0.803. The largest absolute Gasteiger partial charge is 0.408 e. The Labute approximate surface area is 135 Å². The first-order chi connectivity index (χ1) is 11.1. The Bertz CT molecular complexity index is 777. The van der Waals surface area contributed by atoms with E-state index in [2.05, 4.69) is 4.98 Å². The molecule has 1 aliphatic carbocycles. The van der Waals surface area contributed by atoms with Gasteiger partial charge in [0.05, 0.1) is 5.92 Å². The molecule has 2 aromatic heterocycles. The number of hydrogen-bond donors (Lipinski definition) is 0. The molecule has 3 rings (SSSR count). The lowest BCUT2D eigenvalue weighted by molar-refractivity contribution is -0.140. The van der Waals surface area contributed by atoms with E-state index in [1.165, 1.54) is 36.8 Å². The molecule has 0 atom stereocenters. The molecule has 0 N–H and O–H groups in total. The number of carbonyl (C=O) groups excluding carboxylic acids is 1. The van der Waals surface area contributed by atoms with Crippen LogP contribution in [-0.2, 0) is 14.8 Å². The summed E-state index contributed by atoms with van der Waals surface area (Å²) in [6.45, 7) is 0. The summed E-state index contributed by atoms with van der Waals surface area (Å²) < 4.78 is 31.5. The minimum absolute atomic E-state index is 0.0180. The first kappa shape index (κ1) is 15.7. The van der Waals surface area contributed by atoms with E-state index < -0.39 is 10.0 Å². The van der Waals surface area contributed by atoms with Gasteiger partial charge in [-0.05, 0) is 31.0 Å². The molecule has 2 heterocycles. The summed E-state index contributed by atoms with van der Waals surface area (Å²) >= 11 is 0. The topological polar surface area (TPSA) is 78.3 Å². The van der Waals surface area contributed by atoms with Gasteiger partial charge in [0.25, 0.3) is 10.0 Å². The highest BCUT2D eigenvalue weighted by Gasteiger charge is 2.26. The predicted octanol–water partition coefficient (Wildman–Crippen LogP) is 2.61. The minimum Gasteiger partial charge on any atom is -0.408 e. The van der Waals surface area contributed by atoms with E-state index in [1.54, 1.807) is 6.07 Å². The molecular weight excluding hydrogens is 316 g/mol. The monoisotopic (exact) mass is 334 g/mol. The second-order valence-electron chi connectivity index (χ2n) is 5.59. The van der Waals surface area contributed by atoms with Gasteiger partial charge in [-0.2, -0.15) is 0 Å². The Balaban J connectivity index is 1.84. The Morgan fingerprint density at radius 2 is 1.96 bits per heavy atom. The molecule has 0 amide bonds. The SMILES string of the molecule is O=C(Oc1cccn1S(=O)(=O)c1cccnc1)C1CCCCC1. The lowest BCUT2D eigenvalue weighted by Crippen LogP contribution is -2.24. The number of aromatic nitrogens is 2. The third-order valence-corrected chi connectivity index (χ3v) is 5.67. The molecule has 0 bridgehead atoms. The van der Waals surface area contributed by atoms with Crippen LogP contribution < -0.4 is 4.74 Å². The molecular formula is C16H18N2O4S. The van der Waals surface area contributed by atoms with Crippen molar-refractivity contribution in [3.05, 3.63) is 42.9 Å². The van der Waals surface area contributed by atoms with Crippen LogP contribution in [0.1, 0.15) is 32.1 Å². The van der Waals surface area contributed by atoms with Gasteiger partial charge in [-0.25, -0.2) is 12.4 Å². The molecule has 1 aliphatic rings. The standard InChI is InChI=1S/C16H18N2O4S/c19-16(13-6-2-1-3-7-13)22-15-9-5-11-18(15)23(20,21)14-8-4-10-17-12-14/h4-5,8-13H,1-3,6-7H2. The summed E-state index contributed by atoms with van der Waals surface area (Å²) in [7, 11) is -3.83. The summed E-state index contributed by atoms with van der Waals surface area (Å²) in [6, 6.07) is 6.02. The van der Waals surface area contributed by atoms with Gasteiger partial charge >= 0.3 is 5.97 Å². The molecule has 0 radical (unpaired) electrons. The van der Waals surface area contributed by atoms with Crippen LogP contribution in [0, 0.1) is 5.92 Å². The first-order valence-electron chi connectivity index (χ1n) is 7.64. The van der Waals surface area contributed by atoms with E-state index in [0.717, 1.165) is 36.1 Å². The fraction of sp³-hybridized carbons (Fsp3) is 0.375. The molecule has 122 valence electrons. The molecule has 1 fully saturated rings. The molecule has 1 saturated carbocycles. The molecule has 0 aliphatic heterocycles. The van der Waals surface area contributed by atoms with Crippen LogP contribution in [0.3, 0.4) is 0 Å². The highest BCUT2D eigenvalue weighted by molar-refractivity contribution is 7.90. The highest BCUT2D eigenvalue weighted by atomic mass is 32.2. The Morgan fingerprint density at radius 1 is 1.17 bits per heavy atom. The maximum absolute atomic E-state index is 12.6. The third kappa shape index (κ3) is 3.29. The van der Waals surface area contributed by atoms with Gasteiger partial charge in [0, 0.05) is 24.7 Å². The number of nitrogens with zero attached hydrogens (tertiary/aromatic N) is 2. The first-order valence-corrected chi connectivity index (χ1v) is 9.08. The normalized spacial score (nSPS) is 16.2. The van der Waals surface area contributed by atoms with Gasteiger partial charge in [0.15, 0.2) is 0 Å². The van der Waals surface area contributed by atoms with Crippen LogP contribution in [0.5, 0.6) is 5.88 Å². The van der Waals surface area contributed by atoms with Crippen molar-refractivity contribution < 1.29 is 17.9 Å². The van der Waals surface area contributed by atoms with Gasteiger partial charge < -0.3 is 4.74 Å². The number of ether oxygens (including phenoxy) is 1. The van der Waals surface area contributed by atoms with Crippen LogP contribution in [-0.4, -0.2) is 23.3 Å². The van der Waals surface area contributed by atoms with Crippen molar-refractivity contribution in [3.63, 3.8) is 0 Å². The van der Waals surface area contributed by atoms with Crippen molar-refractivity contribution in [3.8, 4) is 5.88 Å². The Morgan fingerprint density at radius 3 is 2.65 bits per heavy atom. The van der Waals surface area contributed by atoms with Crippen LogP contribution in [0.15, 0.2) is 47.8 Å². The molecule has 23 heavy (non-hydrogen) atoms. The van der Waals surface area contributed by atoms with Gasteiger partial charge in [0.2, 0.25) is 5.88 Å². The zero-order valence-corrected chi connectivity index (χ0v) is 13.4. The van der Waals surface area contributed by atoms with Crippen molar-refractivity contribution in [2.75, 3.05) is 0 Å². The van der Waals surface area contributed by atoms with Crippen molar-refractivity contribution >= 4 is 16.0 Å². The zero-order valence-electron chi connectivity index (χ0n) is 12.6. The molecule has 0 spiro atoms. The Hall–Kier alpha value is -2.15. The fourth-order valence-electron chi connectivity index (χ4n) is 2.77. The molecule has 0 saturated heterocycles. The second kappa shape index (κ2) is 6.54. The zero-order chi connectivity index (χ0) is 16.3. The Kier molecular flexibility index (Phi) is 4.47. The van der Waals surface area contributed by atoms with Crippen molar-refractivity contribution in [2.24, 2.45) is 5.92 Å². The number of carbonyl (C=O) groups is 1. The number of rotatable bonds is 4. The fourth-order valence-corrected chi connectivity index (χ4v) is 4.00. The summed E-state index contributed by atoms with van der Waals surface area (Å²) in [4.78, 5) is 16.1. The number of pyridine rings is 1. The van der Waals surface area contributed by atoms with Gasteiger partial charge in [-0.1, -0.05) is 19.3 Å². The lowest BCUT2D eigenvalue weighted by atomic mass is 9.89. The third-order valence-electron chi connectivity index (χ3n) is 4.01. The summed E-state index contributed by atoms with van der Waals surface area (Å²) in [6.07, 6.45) is 8.88. The van der Waals surface area contributed by atoms with Crippen LogP contribution in [0.2, 0.25) is 0 Å². The maximum Gasteiger partial charge on any atom is 0.315 e. The minimum atomic E-state index is -3.83. The number of hydrogen-bond acceptors (Lipinski definition) is 5. The van der Waals surface area contributed by atoms with Crippen molar-refractivity contribution in [2.45, 2.75) is 37.0 Å². The van der Waals surface area contributed by atoms with Crippen LogP contribution in [0.25, 0.3) is 0 Å². The highest BCUT2D eigenvalue weighted by Crippen LogP contribution is 2.27. The van der Waals surface area contributed by atoms with Gasteiger partial charge in [-0.3, -0.25) is 9.78 Å². The number of esters is 1. The van der Waals surface area contributed by atoms with Crippen LogP contribution in [0.4, 0.5) is 0 Å². The van der Waals surface area contributed by atoms with E-state index in [4.69, 9.17) is 4.74 Å². The van der Waals surface area contributed by atoms with E-state index in [9.17, 15) is 13.2 Å². The summed E-state index contributed by atoms with van der Waals surface area (Å²) in [5.74, 6) is -0.483. The van der Waals surface area contributed by atoms with E-state index in [0.29, 0.717) is 0 Å². The van der Waals surface area contributed by atoms with Crippen molar-refractivity contribution in [1.82, 2.24) is 8.96 Å². The average molecular weight is 334 g/mol. The smallest absolute Gasteiger partial charge is 0.315 e. The molecule has 0 unspecified atom stereocenters. The molecule has 2 aromatic rings. The predicted molar refractivity (Wildman–Crippen MR) is 83.5 cm³/mol. The average Bonchev–Trinajstić information content (AvgIpc) is 3.05. The van der Waals surface area contributed by atoms with E-state index in [-0.39, 0.29) is 22.7 Å². The van der Waals surface area contributed by atoms with Gasteiger partial charge in [0.1, 0.15) is 4.90 Å². The van der Waals surface area contributed by atoms with E-state index >= 15 is 0 Å². The lowest BCUT2D eigenvalue weighted by Gasteiger charge is -2.20. The summed E-state index contributed by atoms with van der Waals surface area (Å²) in [5, 5.41) is 0. The van der Waals surface area contributed by atoms with Crippen LogP contribution >= 0.6 is 0 Å².